The van der Waals surface area contributed by atoms with Crippen LogP contribution in [0, 0.1) is 5.82 Å². The van der Waals surface area contributed by atoms with Gasteiger partial charge in [0.1, 0.15) is 11.6 Å². The minimum atomic E-state index is -0.461. The van der Waals surface area contributed by atoms with E-state index in [2.05, 4.69) is 20.7 Å². The van der Waals surface area contributed by atoms with Crippen molar-refractivity contribution in [3.8, 4) is 0 Å². The molecule has 2 aromatic rings. The largest absolute Gasteiger partial charge is 0.324 e. The molecule has 0 aromatic carbocycles. The second-order valence-electron chi connectivity index (χ2n) is 5.29. The number of carbonyl (C=O) groups excluding carboxylic acids is 1. The second-order valence-corrected chi connectivity index (χ2v) is 5.29. The normalized spacial score (nSPS) is 11.2. The molecule has 0 aliphatic carbocycles. The summed E-state index contributed by atoms with van der Waals surface area (Å²) in [5.41, 5.74) is 0.411. The van der Waals surface area contributed by atoms with E-state index in [0.717, 1.165) is 6.20 Å². The summed E-state index contributed by atoms with van der Waals surface area (Å²) in [6.07, 6.45) is 4.33. The maximum Gasteiger partial charge on any atom is 0.324 e. The van der Waals surface area contributed by atoms with E-state index in [1.807, 2.05) is 20.8 Å². The standard InChI is InChI=1S/C13H16FN5O/c1-13(2,3)19-8-10(7-16-19)17-12(20)18-11-5-4-9(14)6-15-11/h4-8H,1-3H3,(H2,15,17,18,20). The predicted octanol–water partition coefficient (Wildman–Crippen LogP) is 2.82. The first-order chi connectivity index (χ1) is 9.34. The predicted molar refractivity (Wildman–Crippen MR) is 74.1 cm³/mol. The molecule has 0 fully saturated rings. The lowest BCUT2D eigenvalue weighted by molar-refractivity contribution is 0.262. The number of urea groups is 1. The number of hydrogen-bond acceptors (Lipinski definition) is 3. The van der Waals surface area contributed by atoms with Crippen LogP contribution in [0.15, 0.2) is 30.7 Å². The second kappa shape index (κ2) is 5.28. The van der Waals surface area contributed by atoms with Crippen molar-refractivity contribution in [1.82, 2.24) is 14.8 Å². The lowest BCUT2D eigenvalue weighted by Gasteiger charge is -2.18. The summed E-state index contributed by atoms with van der Waals surface area (Å²) in [7, 11) is 0. The van der Waals surface area contributed by atoms with E-state index in [0.29, 0.717) is 5.69 Å². The first-order valence-electron chi connectivity index (χ1n) is 6.09. The Hall–Kier alpha value is -2.44. The Bertz CT molecular complexity index is 600. The van der Waals surface area contributed by atoms with Crippen LogP contribution >= 0.6 is 0 Å². The smallest absolute Gasteiger partial charge is 0.305 e. The van der Waals surface area contributed by atoms with Crippen LogP contribution < -0.4 is 10.6 Å². The summed E-state index contributed by atoms with van der Waals surface area (Å²) >= 11 is 0. The highest BCUT2D eigenvalue weighted by Gasteiger charge is 2.14. The van der Waals surface area contributed by atoms with Crippen LogP contribution in [0.25, 0.3) is 0 Å². The van der Waals surface area contributed by atoms with Gasteiger partial charge in [-0.25, -0.2) is 14.2 Å². The summed E-state index contributed by atoms with van der Waals surface area (Å²) in [6.45, 7) is 6.02. The number of amides is 2. The summed E-state index contributed by atoms with van der Waals surface area (Å²) in [5.74, 6) is -0.186. The topological polar surface area (TPSA) is 71.8 Å². The first-order valence-corrected chi connectivity index (χ1v) is 6.09. The molecule has 2 N–H and O–H groups in total. The van der Waals surface area contributed by atoms with Gasteiger partial charge in [-0.3, -0.25) is 10.00 Å². The number of aromatic nitrogens is 3. The Labute approximate surface area is 116 Å². The van der Waals surface area contributed by atoms with Gasteiger partial charge in [0.05, 0.1) is 23.6 Å². The van der Waals surface area contributed by atoms with E-state index >= 15 is 0 Å². The van der Waals surface area contributed by atoms with E-state index in [1.54, 1.807) is 17.1 Å². The monoisotopic (exact) mass is 277 g/mol. The van der Waals surface area contributed by atoms with Crippen molar-refractivity contribution in [1.29, 1.82) is 0 Å². The molecule has 6 nitrogen and oxygen atoms in total. The molecular formula is C13H16FN5O. The van der Waals surface area contributed by atoms with Crippen molar-refractivity contribution >= 4 is 17.5 Å². The Morgan fingerprint density at radius 3 is 2.55 bits per heavy atom. The molecule has 0 saturated heterocycles. The average Bonchev–Trinajstić information content (AvgIpc) is 2.80. The van der Waals surface area contributed by atoms with Crippen molar-refractivity contribution in [2.75, 3.05) is 10.6 Å². The van der Waals surface area contributed by atoms with Crippen LogP contribution in [-0.4, -0.2) is 20.8 Å². The molecule has 2 heterocycles. The van der Waals surface area contributed by atoms with Gasteiger partial charge in [-0.1, -0.05) is 0 Å². The Morgan fingerprint density at radius 2 is 2.00 bits per heavy atom. The molecule has 2 rings (SSSR count). The molecular weight excluding hydrogens is 261 g/mol. The third kappa shape index (κ3) is 3.53. The van der Waals surface area contributed by atoms with Gasteiger partial charge in [0, 0.05) is 6.20 Å². The molecule has 0 atom stereocenters. The summed E-state index contributed by atoms with van der Waals surface area (Å²) in [6, 6.07) is 2.14. The fourth-order valence-electron chi connectivity index (χ4n) is 1.48. The number of halogens is 1. The molecule has 0 spiro atoms. The van der Waals surface area contributed by atoms with E-state index in [9.17, 15) is 9.18 Å². The molecule has 2 amide bonds. The van der Waals surface area contributed by atoms with Gasteiger partial charge in [-0.15, -0.1) is 0 Å². The fourth-order valence-corrected chi connectivity index (χ4v) is 1.48. The molecule has 20 heavy (non-hydrogen) atoms. The van der Waals surface area contributed by atoms with E-state index in [1.165, 1.54) is 12.1 Å². The first kappa shape index (κ1) is 14.0. The van der Waals surface area contributed by atoms with Crippen molar-refractivity contribution < 1.29 is 9.18 Å². The zero-order chi connectivity index (χ0) is 14.8. The number of rotatable bonds is 2. The van der Waals surface area contributed by atoms with Crippen LogP contribution in [0.2, 0.25) is 0 Å². The Morgan fingerprint density at radius 1 is 1.25 bits per heavy atom. The van der Waals surface area contributed by atoms with Gasteiger partial charge in [0.15, 0.2) is 0 Å². The molecule has 0 aliphatic heterocycles. The molecule has 7 heteroatoms. The number of nitrogens with one attached hydrogen (secondary N) is 2. The Balaban J connectivity index is 1.98. The summed E-state index contributed by atoms with van der Waals surface area (Å²) < 4.78 is 14.4. The summed E-state index contributed by atoms with van der Waals surface area (Å²) in [5, 5.41) is 9.30. The quantitative estimate of drug-likeness (QED) is 0.886. The SMILES string of the molecule is CC(C)(C)n1cc(NC(=O)Nc2ccc(F)cn2)cn1. The van der Waals surface area contributed by atoms with Gasteiger partial charge in [-0.2, -0.15) is 5.10 Å². The van der Waals surface area contributed by atoms with Crippen LogP contribution in [0.4, 0.5) is 20.7 Å². The molecule has 106 valence electrons. The number of hydrogen-bond donors (Lipinski definition) is 2. The third-order valence-corrected chi connectivity index (χ3v) is 2.50. The zero-order valence-electron chi connectivity index (χ0n) is 11.5. The maximum atomic E-state index is 12.7. The van der Waals surface area contributed by atoms with Gasteiger partial charge >= 0.3 is 6.03 Å². The fraction of sp³-hybridized carbons (Fsp3) is 0.308. The number of nitrogens with zero attached hydrogens (tertiary/aromatic N) is 3. The van der Waals surface area contributed by atoms with E-state index < -0.39 is 11.8 Å². The maximum absolute atomic E-state index is 12.7. The molecule has 0 unspecified atom stereocenters. The molecule has 0 saturated carbocycles. The Kier molecular flexibility index (Phi) is 3.69. The third-order valence-electron chi connectivity index (χ3n) is 2.50. The zero-order valence-corrected chi connectivity index (χ0v) is 11.5. The molecule has 0 aliphatic rings. The van der Waals surface area contributed by atoms with Gasteiger partial charge in [-0.05, 0) is 32.9 Å². The molecule has 2 aromatic heterocycles. The van der Waals surface area contributed by atoms with Crippen molar-refractivity contribution in [2.24, 2.45) is 0 Å². The van der Waals surface area contributed by atoms with Gasteiger partial charge in [0.2, 0.25) is 0 Å². The lowest BCUT2D eigenvalue weighted by Crippen LogP contribution is -2.22. The number of carbonyl (C=O) groups is 1. The number of anilines is 2. The molecule has 0 bridgehead atoms. The van der Waals surface area contributed by atoms with E-state index in [4.69, 9.17) is 0 Å². The van der Waals surface area contributed by atoms with Gasteiger partial charge in [0.25, 0.3) is 0 Å². The minimum absolute atomic E-state index is 0.158. The summed E-state index contributed by atoms with van der Waals surface area (Å²) in [4.78, 5) is 15.5. The van der Waals surface area contributed by atoms with E-state index in [-0.39, 0.29) is 11.4 Å². The van der Waals surface area contributed by atoms with Crippen molar-refractivity contribution in [2.45, 2.75) is 26.3 Å². The van der Waals surface area contributed by atoms with Gasteiger partial charge < -0.3 is 5.32 Å². The van der Waals surface area contributed by atoms with Crippen LogP contribution in [0.5, 0.6) is 0 Å². The lowest BCUT2D eigenvalue weighted by atomic mass is 10.1. The average molecular weight is 277 g/mol. The van der Waals surface area contributed by atoms with Crippen molar-refractivity contribution in [3.63, 3.8) is 0 Å². The highest BCUT2D eigenvalue weighted by atomic mass is 19.1. The number of pyridine rings is 1. The highest BCUT2D eigenvalue weighted by Crippen LogP contribution is 2.16. The van der Waals surface area contributed by atoms with Crippen LogP contribution in [0.1, 0.15) is 20.8 Å². The highest BCUT2D eigenvalue weighted by molar-refractivity contribution is 5.98. The van der Waals surface area contributed by atoms with Crippen LogP contribution in [-0.2, 0) is 5.54 Å². The molecule has 0 radical (unpaired) electrons. The van der Waals surface area contributed by atoms with Crippen molar-refractivity contribution in [3.05, 3.63) is 36.5 Å². The minimum Gasteiger partial charge on any atom is -0.305 e. The van der Waals surface area contributed by atoms with Crippen LogP contribution in [0.3, 0.4) is 0 Å².